The van der Waals surface area contributed by atoms with Gasteiger partial charge in [-0.2, -0.15) is 0 Å². The van der Waals surface area contributed by atoms with E-state index in [1.165, 1.54) is 12.3 Å². The highest BCUT2D eigenvalue weighted by Crippen LogP contribution is 2.24. The smallest absolute Gasteiger partial charge is 0.337 e. The Morgan fingerprint density at radius 3 is 2.69 bits per heavy atom. The third kappa shape index (κ3) is 2.85. The van der Waals surface area contributed by atoms with E-state index in [-0.39, 0.29) is 5.56 Å². The number of aromatic carboxylic acids is 1. The average Bonchev–Trinajstić information content (AvgIpc) is 2.26. The molecule has 16 heavy (non-hydrogen) atoms. The maximum absolute atomic E-state index is 10.7. The molecule has 0 saturated carbocycles. The van der Waals surface area contributed by atoms with Crippen molar-refractivity contribution in [2.45, 2.75) is 20.3 Å². The molecule has 1 heterocycles. The van der Waals surface area contributed by atoms with E-state index >= 15 is 0 Å². The third-order valence-electron chi connectivity index (χ3n) is 2.24. The number of pyridine rings is 1. The van der Waals surface area contributed by atoms with Crippen LogP contribution in [0, 0.1) is 0 Å². The highest BCUT2D eigenvalue weighted by molar-refractivity contribution is 6.33. The number of carbonyl (C=O) groups is 1. The fraction of sp³-hybridized carbons (Fsp3) is 0.455. The van der Waals surface area contributed by atoms with Gasteiger partial charge in [-0.05, 0) is 19.4 Å². The van der Waals surface area contributed by atoms with Crippen LogP contribution in [0.1, 0.15) is 30.6 Å². The van der Waals surface area contributed by atoms with Crippen LogP contribution in [0.4, 0.5) is 5.82 Å². The van der Waals surface area contributed by atoms with Crippen molar-refractivity contribution in [2.24, 2.45) is 0 Å². The highest BCUT2D eigenvalue weighted by Gasteiger charge is 2.12. The van der Waals surface area contributed by atoms with E-state index in [2.05, 4.69) is 11.9 Å². The molecule has 88 valence electrons. The summed E-state index contributed by atoms with van der Waals surface area (Å²) in [5.41, 5.74) is 0.112. The Morgan fingerprint density at radius 2 is 2.25 bits per heavy atom. The second kappa shape index (κ2) is 5.70. The Balaban J connectivity index is 3.01. The van der Waals surface area contributed by atoms with E-state index in [1.54, 1.807) is 0 Å². The predicted molar refractivity (Wildman–Crippen MR) is 64.4 cm³/mol. The Labute approximate surface area is 99.9 Å². The van der Waals surface area contributed by atoms with Crippen molar-refractivity contribution < 1.29 is 9.90 Å². The Hall–Kier alpha value is -1.29. The lowest BCUT2D eigenvalue weighted by molar-refractivity contribution is 0.0696. The lowest BCUT2D eigenvalue weighted by Gasteiger charge is -2.22. The SMILES string of the molecule is CCCN(CC)c1ncc(C(=O)O)cc1Cl. The molecule has 1 rings (SSSR count). The maximum atomic E-state index is 10.7. The molecule has 0 amide bonds. The van der Waals surface area contributed by atoms with E-state index in [0.717, 1.165) is 19.5 Å². The molecule has 0 radical (unpaired) electrons. The topological polar surface area (TPSA) is 53.4 Å². The second-order valence-electron chi connectivity index (χ2n) is 3.41. The van der Waals surface area contributed by atoms with Gasteiger partial charge < -0.3 is 10.0 Å². The highest BCUT2D eigenvalue weighted by atomic mass is 35.5. The molecule has 0 fully saturated rings. The zero-order valence-corrected chi connectivity index (χ0v) is 10.2. The maximum Gasteiger partial charge on any atom is 0.337 e. The van der Waals surface area contributed by atoms with Crippen LogP contribution in [0.25, 0.3) is 0 Å². The number of carboxylic acid groups (broad SMARTS) is 1. The molecule has 0 aliphatic carbocycles. The Morgan fingerprint density at radius 1 is 1.56 bits per heavy atom. The fourth-order valence-corrected chi connectivity index (χ4v) is 1.75. The first kappa shape index (κ1) is 12.8. The van der Waals surface area contributed by atoms with Gasteiger partial charge in [0.25, 0.3) is 0 Å². The average molecular weight is 243 g/mol. The van der Waals surface area contributed by atoms with Gasteiger partial charge in [0.15, 0.2) is 0 Å². The van der Waals surface area contributed by atoms with Gasteiger partial charge in [0.05, 0.1) is 10.6 Å². The molecule has 0 aliphatic heterocycles. The minimum absolute atomic E-state index is 0.112. The summed E-state index contributed by atoms with van der Waals surface area (Å²) in [6.07, 6.45) is 2.33. The number of carboxylic acids is 1. The molecule has 0 aliphatic rings. The van der Waals surface area contributed by atoms with Crippen LogP contribution in [-0.2, 0) is 0 Å². The van der Waals surface area contributed by atoms with Crippen molar-refractivity contribution >= 4 is 23.4 Å². The minimum atomic E-state index is -1.01. The normalized spacial score (nSPS) is 10.2. The third-order valence-corrected chi connectivity index (χ3v) is 2.52. The zero-order chi connectivity index (χ0) is 12.1. The van der Waals surface area contributed by atoms with Gasteiger partial charge in [-0.15, -0.1) is 0 Å². The van der Waals surface area contributed by atoms with Crippen molar-refractivity contribution in [3.8, 4) is 0 Å². The molecule has 0 unspecified atom stereocenters. The van der Waals surface area contributed by atoms with E-state index in [0.29, 0.717) is 10.8 Å². The summed E-state index contributed by atoms with van der Waals surface area (Å²) in [5.74, 6) is -0.365. The number of hydrogen-bond acceptors (Lipinski definition) is 3. The van der Waals surface area contributed by atoms with Gasteiger partial charge >= 0.3 is 5.97 Å². The lowest BCUT2D eigenvalue weighted by atomic mass is 10.2. The zero-order valence-electron chi connectivity index (χ0n) is 9.40. The summed E-state index contributed by atoms with van der Waals surface area (Å²) in [6.45, 7) is 5.74. The summed E-state index contributed by atoms with van der Waals surface area (Å²) >= 11 is 6.02. The van der Waals surface area contributed by atoms with Crippen molar-refractivity contribution in [3.05, 3.63) is 22.8 Å². The molecule has 1 aromatic heterocycles. The molecule has 1 N–H and O–H groups in total. The molecule has 1 aromatic rings. The molecule has 4 nitrogen and oxygen atoms in total. The van der Waals surface area contributed by atoms with Gasteiger partial charge in [0.1, 0.15) is 5.82 Å². The van der Waals surface area contributed by atoms with Crippen molar-refractivity contribution in [2.75, 3.05) is 18.0 Å². The fourth-order valence-electron chi connectivity index (χ4n) is 1.46. The first-order chi connectivity index (χ1) is 7.60. The number of hydrogen-bond donors (Lipinski definition) is 1. The summed E-state index contributed by atoms with van der Waals surface area (Å²) in [6, 6.07) is 1.44. The molecule has 0 bridgehead atoms. The van der Waals surface area contributed by atoms with Crippen molar-refractivity contribution in [1.29, 1.82) is 0 Å². The van der Waals surface area contributed by atoms with Crippen LogP contribution in [-0.4, -0.2) is 29.1 Å². The van der Waals surface area contributed by atoms with E-state index in [9.17, 15) is 4.79 Å². The van der Waals surface area contributed by atoms with Crippen LogP contribution < -0.4 is 4.90 Å². The van der Waals surface area contributed by atoms with Crippen LogP contribution in [0.2, 0.25) is 5.02 Å². The summed E-state index contributed by atoms with van der Waals surface area (Å²) in [5, 5.41) is 9.17. The first-order valence-electron chi connectivity index (χ1n) is 5.23. The van der Waals surface area contributed by atoms with Gasteiger partial charge in [-0.25, -0.2) is 9.78 Å². The number of anilines is 1. The van der Waals surface area contributed by atoms with E-state index < -0.39 is 5.97 Å². The number of aromatic nitrogens is 1. The molecule has 0 aromatic carbocycles. The minimum Gasteiger partial charge on any atom is -0.478 e. The van der Waals surface area contributed by atoms with Crippen LogP contribution in [0.5, 0.6) is 0 Å². The molecule has 5 heteroatoms. The van der Waals surface area contributed by atoms with Crippen LogP contribution in [0.3, 0.4) is 0 Å². The predicted octanol–water partition coefficient (Wildman–Crippen LogP) is 2.67. The molecule has 0 atom stereocenters. The van der Waals surface area contributed by atoms with E-state index in [4.69, 9.17) is 16.7 Å². The molecular formula is C11H15ClN2O2. The van der Waals surface area contributed by atoms with Gasteiger partial charge in [-0.3, -0.25) is 0 Å². The Bertz CT molecular complexity index is 382. The first-order valence-corrected chi connectivity index (χ1v) is 5.61. The lowest BCUT2D eigenvalue weighted by Crippen LogP contribution is -2.24. The second-order valence-corrected chi connectivity index (χ2v) is 3.82. The summed E-state index contributed by atoms with van der Waals surface area (Å²) in [4.78, 5) is 16.8. The molecule has 0 saturated heterocycles. The van der Waals surface area contributed by atoms with Gasteiger partial charge in [-0.1, -0.05) is 18.5 Å². The molecular weight excluding hydrogens is 228 g/mol. The Kier molecular flexibility index (Phi) is 4.55. The monoisotopic (exact) mass is 242 g/mol. The van der Waals surface area contributed by atoms with Gasteiger partial charge in [0, 0.05) is 19.3 Å². The number of halogens is 1. The standard InChI is InChI=1S/C11H15ClN2O2/c1-3-5-14(4-2)10-9(12)6-8(7-13-10)11(15)16/h6-7H,3-5H2,1-2H3,(H,15,16). The number of rotatable bonds is 5. The van der Waals surface area contributed by atoms with Crippen LogP contribution >= 0.6 is 11.6 Å². The number of nitrogens with zero attached hydrogens (tertiary/aromatic N) is 2. The quantitative estimate of drug-likeness (QED) is 0.863. The van der Waals surface area contributed by atoms with Gasteiger partial charge in [0.2, 0.25) is 0 Å². The van der Waals surface area contributed by atoms with Crippen LogP contribution in [0.15, 0.2) is 12.3 Å². The summed E-state index contributed by atoms with van der Waals surface area (Å²) in [7, 11) is 0. The van der Waals surface area contributed by atoms with Crippen molar-refractivity contribution in [1.82, 2.24) is 4.98 Å². The summed E-state index contributed by atoms with van der Waals surface area (Å²) < 4.78 is 0. The van der Waals surface area contributed by atoms with Crippen molar-refractivity contribution in [3.63, 3.8) is 0 Å². The largest absolute Gasteiger partial charge is 0.478 e. The van der Waals surface area contributed by atoms with E-state index in [1.807, 2.05) is 11.8 Å². The molecule has 0 spiro atoms.